The van der Waals surface area contributed by atoms with Crippen LogP contribution < -0.4 is 0 Å². The van der Waals surface area contributed by atoms with E-state index in [-0.39, 0.29) is 0 Å². The molecular weight excluding hydrogens is 210 g/mol. The van der Waals surface area contributed by atoms with Gasteiger partial charge in [0.1, 0.15) is 0 Å². The van der Waals surface area contributed by atoms with Crippen molar-refractivity contribution in [3.63, 3.8) is 0 Å². The molecule has 0 unspecified atom stereocenters. The summed E-state index contributed by atoms with van der Waals surface area (Å²) in [5.74, 6) is 0. The molecule has 0 atom stereocenters. The quantitative estimate of drug-likeness (QED) is 0.739. The van der Waals surface area contributed by atoms with Gasteiger partial charge in [-0.15, -0.1) is 0 Å². The van der Waals surface area contributed by atoms with Gasteiger partial charge in [-0.3, -0.25) is 5.01 Å². The third-order valence-electron chi connectivity index (χ3n) is 3.24. The van der Waals surface area contributed by atoms with Gasteiger partial charge in [0.2, 0.25) is 0 Å². The summed E-state index contributed by atoms with van der Waals surface area (Å²) in [5, 5.41) is 6.67. The number of nitrogens with zero attached hydrogens (tertiary/aromatic N) is 3. The molecule has 1 aliphatic rings. The Bertz CT molecular complexity index is 362. The monoisotopic (exact) mass is 231 g/mol. The largest absolute Gasteiger partial charge is 0.303 e. The molecule has 3 heteroatoms. The van der Waals surface area contributed by atoms with E-state index in [1.54, 1.807) is 0 Å². The fraction of sp³-hybridized carbons (Fsp3) is 0.500. The van der Waals surface area contributed by atoms with Gasteiger partial charge in [-0.05, 0) is 24.6 Å². The molecule has 0 aliphatic carbocycles. The first-order valence-corrected chi connectivity index (χ1v) is 6.34. The molecule has 3 nitrogen and oxygen atoms in total. The van der Waals surface area contributed by atoms with E-state index < -0.39 is 0 Å². The summed E-state index contributed by atoms with van der Waals surface area (Å²) in [6.45, 7) is 6.44. The highest BCUT2D eigenvalue weighted by molar-refractivity contribution is 5.79. The van der Waals surface area contributed by atoms with Gasteiger partial charge in [0.15, 0.2) is 0 Å². The van der Waals surface area contributed by atoms with E-state index in [4.69, 9.17) is 0 Å². The third kappa shape index (κ3) is 3.56. The van der Waals surface area contributed by atoms with Crippen molar-refractivity contribution >= 4 is 6.21 Å². The van der Waals surface area contributed by atoms with Crippen molar-refractivity contribution in [1.29, 1.82) is 0 Å². The van der Waals surface area contributed by atoms with E-state index in [0.29, 0.717) is 0 Å². The number of benzene rings is 1. The molecule has 0 radical (unpaired) electrons. The Morgan fingerprint density at radius 3 is 2.35 bits per heavy atom. The van der Waals surface area contributed by atoms with Gasteiger partial charge in [0.05, 0.1) is 6.21 Å². The number of piperazine rings is 1. The van der Waals surface area contributed by atoms with Crippen LogP contribution in [0.1, 0.15) is 18.1 Å². The predicted molar refractivity (Wildman–Crippen MR) is 72.5 cm³/mol. The lowest BCUT2D eigenvalue weighted by atomic mass is 10.1. The van der Waals surface area contributed by atoms with Crippen molar-refractivity contribution in [2.75, 3.05) is 33.2 Å². The lowest BCUT2D eigenvalue weighted by Crippen LogP contribution is -2.41. The number of rotatable bonds is 3. The zero-order chi connectivity index (χ0) is 12.1. The Balaban J connectivity index is 1.90. The fourth-order valence-corrected chi connectivity index (χ4v) is 1.90. The molecule has 0 N–H and O–H groups in total. The number of hydrazone groups is 1. The molecule has 1 heterocycles. The van der Waals surface area contributed by atoms with Crippen LogP contribution in [0.4, 0.5) is 0 Å². The zero-order valence-electron chi connectivity index (χ0n) is 10.8. The Morgan fingerprint density at radius 2 is 1.76 bits per heavy atom. The van der Waals surface area contributed by atoms with Crippen LogP contribution in [0.3, 0.4) is 0 Å². The second-order valence-electron chi connectivity index (χ2n) is 4.60. The van der Waals surface area contributed by atoms with Crippen molar-refractivity contribution < 1.29 is 0 Å². The molecule has 1 saturated heterocycles. The van der Waals surface area contributed by atoms with Crippen molar-refractivity contribution in [3.05, 3.63) is 35.4 Å². The van der Waals surface area contributed by atoms with Crippen LogP contribution in [0.15, 0.2) is 29.4 Å². The van der Waals surface area contributed by atoms with Gasteiger partial charge in [-0.25, -0.2) is 0 Å². The second-order valence-corrected chi connectivity index (χ2v) is 4.60. The Kier molecular flexibility index (Phi) is 4.15. The van der Waals surface area contributed by atoms with Crippen molar-refractivity contribution in [3.8, 4) is 0 Å². The van der Waals surface area contributed by atoms with Gasteiger partial charge >= 0.3 is 0 Å². The topological polar surface area (TPSA) is 18.8 Å². The van der Waals surface area contributed by atoms with E-state index in [0.717, 1.165) is 32.6 Å². The summed E-state index contributed by atoms with van der Waals surface area (Å²) in [4.78, 5) is 2.34. The molecule has 0 amide bonds. The lowest BCUT2D eigenvalue weighted by Gasteiger charge is -2.30. The highest BCUT2D eigenvalue weighted by atomic mass is 15.5. The van der Waals surface area contributed by atoms with Crippen LogP contribution in [0.2, 0.25) is 0 Å². The molecule has 0 spiro atoms. The SMILES string of the molecule is CCc1ccc(C=NN2CCN(C)CC2)cc1. The summed E-state index contributed by atoms with van der Waals surface area (Å²) in [6, 6.07) is 8.62. The fourth-order valence-electron chi connectivity index (χ4n) is 1.90. The van der Waals surface area contributed by atoms with Gasteiger partial charge in [0.25, 0.3) is 0 Å². The van der Waals surface area contributed by atoms with Crippen molar-refractivity contribution in [2.24, 2.45) is 5.10 Å². The average molecular weight is 231 g/mol. The smallest absolute Gasteiger partial charge is 0.0542 e. The second kappa shape index (κ2) is 5.82. The Hall–Kier alpha value is -1.35. The molecule has 2 rings (SSSR count). The third-order valence-corrected chi connectivity index (χ3v) is 3.24. The molecule has 1 aliphatic heterocycles. The predicted octanol–water partition coefficient (Wildman–Crippen LogP) is 1.83. The molecule has 17 heavy (non-hydrogen) atoms. The average Bonchev–Trinajstić information content (AvgIpc) is 2.39. The first-order chi connectivity index (χ1) is 8.28. The summed E-state index contributed by atoms with van der Waals surface area (Å²) in [5.41, 5.74) is 2.56. The maximum Gasteiger partial charge on any atom is 0.0542 e. The van der Waals surface area contributed by atoms with Gasteiger partial charge in [-0.2, -0.15) is 5.10 Å². The van der Waals surface area contributed by atoms with Gasteiger partial charge in [-0.1, -0.05) is 31.2 Å². The number of hydrogen-bond donors (Lipinski definition) is 0. The highest BCUT2D eigenvalue weighted by Crippen LogP contribution is 2.04. The van der Waals surface area contributed by atoms with Crippen LogP contribution in [0.25, 0.3) is 0 Å². The first-order valence-electron chi connectivity index (χ1n) is 6.34. The minimum Gasteiger partial charge on any atom is -0.303 e. The van der Waals surface area contributed by atoms with Crippen molar-refractivity contribution in [2.45, 2.75) is 13.3 Å². The van der Waals surface area contributed by atoms with Gasteiger partial charge < -0.3 is 4.90 Å². The normalized spacial score (nSPS) is 17.9. The molecule has 1 aromatic carbocycles. The van der Waals surface area contributed by atoms with Crippen LogP contribution in [0, 0.1) is 0 Å². The Labute approximate surface area is 104 Å². The number of hydrogen-bond acceptors (Lipinski definition) is 3. The molecule has 1 aromatic rings. The van der Waals surface area contributed by atoms with Gasteiger partial charge in [0, 0.05) is 26.2 Å². The van der Waals surface area contributed by atoms with E-state index in [1.165, 1.54) is 11.1 Å². The minimum atomic E-state index is 1.03. The summed E-state index contributed by atoms with van der Waals surface area (Å²) < 4.78 is 0. The lowest BCUT2D eigenvalue weighted by molar-refractivity contribution is 0.159. The highest BCUT2D eigenvalue weighted by Gasteiger charge is 2.10. The van der Waals surface area contributed by atoms with Crippen LogP contribution in [0.5, 0.6) is 0 Å². The van der Waals surface area contributed by atoms with E-state index >= 15 is 0 Å². The van der Waals surface area contributed by atoms with Crippen LogP contribution in [-0.4, -0.2) is 49.4 Å². The molecule has 1 fully saturated rings. The Morgan fingerprint density at radius 1 is 1.12 bits per heavy atom. The summed E-state index contributed by atoms with van der Waals surface area (Å²) >= 11 is 0. The van der Waals surface area contributed by atoms with E-state index in [1.807, 2.05) is 6.21 Å². The van der Waals surface area contributed by atoms with Crippen molar-refractivity contribution in [1.82, 2.24) is 9.91 Å². The van der Waals surface area contributed by atoms with Crippen LogP contribution in [-0.2, 0) is 6.42 Å². The maximum absolute atomic E-state index is 4.53. The molecule has 0 saturated carbocycles. The molecular formula is C14H21N3. The number of aryl methyl sites for hydroxylation is 1. The van der Waals surface area contributed by atoms with E-state index in [2.05, 4.69) is 53.2 Å². The standard InChI is InChI=1S/C14H21N3/c1-3-13-4-6-14(7-5-13)12-15-17-10-8-16(2)9-11-17/h4-7,12H,3,8-11H2,1-2H3. The molecule has 0 aromatic heterocycles. The van der Waals surface area contributed by atoms with Crippen LogP contribution >= 0.6 is 0 Å². The molecule has 0 bridgehead atoms. The number of likely N-dealkylation sites (N-methyl/N-ethyl adjacent to an activating group) is 1. The zero-order valence-corrected chi connectivity index (χ0v) is 10.8. The summed E-state index contributed by atoms with van der Waals surface area (Å²) in [6.07, 6.45) is 3.06. The maximum atomic E-state index is 4.53. The summed E-state index contributed by atoms with van der Waals surface area (Å²) in [7, 11) is 2.16. The molecule has 92 valence electrons. The van der Waals surface area contributed by atoms with E-state index in [9.17, 15) is 0 Å². The minimum absolute atomic E-state index is 1.03. The first kappa shape index (κ1) is 12.1.